The van der Waals surface area contributed by atoms with Gasteiger partial charge in [0.05, 0.1) is 12.8 Å². The van der Waals surface area contributed by atoms with Crippen LogP contribution >= 0.6 is 0 Å². The summed E-state index contributed by atoms with van der Waals surface area (Å²) >= 11 is 0. The largest absolute Gasteiger partial charge is 0.392 e. The zero-order chi connectivity index (χ0) is 13.2. The number of hydrogen-bond acceptors (Lipinski definition) is 4. The van der Waals surface area contributed by atoms with Gasteiger partial charge in [0.2, 0.25) is 0 Å². The second-order valence-corrected chi connectivity index (χ2v) is 6.62. The highest BCUT2D eigenvalue weighted by Crippen LogP contribution is 2.25. The Morgan fingerprint density at radius 3 is 3.00 bits per heavy atom. The molecule has 2 unspecified atom stereocenters. The van der Waals surface area contributed by atoms with Crippen molar-refractivity contribution < 1.29 is 13.5 Å². The van der Waals surface area contributed by atoms with Crippen molar-refractivity contribution in [1.82, 2.24) is 14.9 Å². The van der Waals surface area contributed by atoms with Gasteiger partial charge in [-0.05, 0) is 18.8 Å². The van der Waals surface area contributed by atoms with E-state index in [2.05, 4.69) is 21.8 Å². The van der Waals surface area contributed by atoms with E-state index in [9.17, 15) is 8.42 Å². The standard InChI is InChI=1S/C11H19N3O3S/c1-8-3-2-4-10(5-8)14-18(16,17)11-9(7-15)6-12-13-11/h6,8,10,14-15H,2-5,7H2,1H3,(H,12,13). The van der Waals surface area contributed by atoms with Gasteiger partial charge in [0.15, 0.2) is 5.03 Å². The summed E-state index contributed by atoms with van der Waals surface area (Å²) in [6.45, 7) is 1.80. The van der Waals surface area contributed by atoms with Crippen molar-refractivity contribution >= 4 is 10.0 Å². The van der Waals surface area contributed by atoms with Gasteiger partial charge >= 0.3 is 0 Å². The number of sulfonamides is 1. The lowest BCUT2D eigenvalue weighted by Crippen LogP contribution is -2.38. The fraction of sp³-hybridized carbons (Fsp3) is 0.727. The predicted octanol–water partition coefficient (Wildman–Crippen LogP) is 0.759. The van der Waals surface area contributed by atoms with Crippen LogP contribution in [-0.4, -0.2) is 29.8 Å². The summed E-state index contributed by atoms with van der Waals surface area (Å²) in [5.41, 5.74) is 0.298. The highest BCUT2D eigenvalue weighted by Gasteiger charge is 2.27. The summed E-state index contributed by atoms with van der Waals surface area (Å²) in [5.74, 6) is 0.547. The molecule has 1 saturated carbocycles. The summed E-state index contributed by atoms with van der Waals surface area (Å²) in [6, 6.07) is -0.0198. The lowest BCUT2D eigenvalue weighted by molar-refractivity contribution is 0.278. The molecule has 102 valence electrons. The van der Waals surface area contributed by atoms with Gasteiger partial charge in [-0.15, -0.1) is 0 Å². The smallest absolute Gasteiger partial charge is 0.258 e. The SMILES string of the molecule is CC1CCCC(NS(=O)(=O)c2[nH]ncc2CO)C1. The van der Waals surface area contributed by atoms with Crippen molar-refractivity contribution in [3.63, 3.8) is 0 Å². The van der Waals surface area contributed by atoms with E-state index in [1.807, 2.05) is 0 Å². The van der Waals surface area contributed by atoms with E-state index in [0.29, 0.717) is 11.5 Å². The van der Waals surface area contributed by atoms with Crippen LogP contribution in [0.15, 0.2) is 11.2 Å². The van der Waals surface area contributed by atoms with Crippen LogP contribution in [-0.2, 0) is 16.6 Å². The number of aromatic amines is 1. The maximum atomic E-state index is 12.2. The molecule has 0 radical (unpaired) electrons. The third kappa shape index (κ3) is 2.90. The molecule has 1 aliphatic rings. The lowest BCUT2D eigenvalue weighted by Gasteiger charge is -2.27. The maximum Gasteiger partial charge on any atom is 0.258 e. The van der Waals surface area contributed by atoms with Crippen LogP contribution < -0.4 is 4.72 Å². The summed E-state index contributed by atoms with van der Waals surface area (Å²) in [4.78, 5) is 0. The average Bonchev–Trinajstić information content (AvgIpc) is 2.77. The first-order valence-corrected chi connectivity index (χ1v) is 7.66. The van der Waals surface area contributed by atoms with Crippen LogP contribution in [0.3, 0.4) is 0 Å². The number of nitrogens with one attached hydrogen (secondary N) is 2. The molecule has 0 aliphatic heterocycles. The number of nitrogens with zero attached hydrogens (tertiary/aromatic N) is 1. The molecule has 1 fully saturated rings. The molecule has 0 aromatic carbocycles. The molecule has 6 nitrogen and oxygen atoms in total. The van der Waals surface area contributed by atoms with Gasteiger partial charge in [-0.25, -0.2) is 13.1 Å². The van der Waals surface area contributed by atoms with Crippen LogP contribution in [0.5, 0.6) is 0 Å². The summed E-state index contributed by atoms with van der Waals surface area (Å²) < 4.78 is 27.0. The van der Waals surface area contributed by atoms with Crippen LogP contribution in [0.4, 0.5) is 0 Å². The van der Waals surface area contributed by atoms with Gasteiger partial charge < -0.3 is 5.11 Å². The molecule has 18 heavy (non-hydrogen) atoms. The number of rotatable bonds is 4. The maximum absolute atomic E-state index is 12.2. The van der Waals surface area contributed by atoms with E-state index in [1.165, 1.54) is 6.20 Å². The molecular weight excluding hydrogens is 254 g/mol. The summed E-state index contributed by atoms with van der Waals surface area (Å²) in [5, 5.41) is 15.1. The summed E-state index contributed by atoms with van der Waals surface area (Å²) in [7, 11) is -3.61. The van der Waals surface area contributed by atoms with E-state index in [-0.39, 0.29) is 17.7 Å². The molecule has 1 heterocycles. The van der Waals surface area contributed by atoms with Gasteiger partial charge in [-0.1, -0.05) is 19.8 Å². The molecule has 0 bridgehead atoms. The quantitative estimate of drug-likeness (QED) is 0.754. The second kappa shape index (κ2) is 5.38. The second-order valence-electron chi connectivity index (χ2n) is 4.97. The zero-order valence-electron chi connectivity index (χ0n) is 10.4. The van der Waals surface area contributed by atoms with E-state index in [0.717, 1.165) is 25.7 Å². The van der Waals surface area contributed by atoms with Crippen molar-refractivity contribution in [3.05, 3.63) is 11.8 Å². The summed E-state index contributed by atoms with van der Waals surface area (Å²) in [6.07, 6.45) is 5.26. The van der Waals surface area contributed by atoms with Gasteiger partial charge in [0.25, 0.3) is 10.0 Å². The van der Waals surface area contributed by atoms with Gasteiger partial charge in [-0.3, -0.25) is 5.10 Å². The highest BCUT2D eigenvalue weighted by atomic mass is 32.2. The minimum absolute atomic E-state index is 0.0198. The Bertz CT molecular complexity index is 497. The minimum atomic E-state index is -3.61. The van der Waals surface area contributed by atoms with Crippen molar-refractivity contribution in [3.8, 4) is 0 Å². The van der Waals surface area contributed by atoms with E-state index in [1.54, 1.807) is 0 Å². The molecule has 1 aliphatic carbocycles. The molecule has 7 heteroatoms. The monoisotopic (exact) mass is 273 g/mol. The van der Waals surface area contributed by atoms with Gasteiger partial charge in [-0.2, -0.15) is 5.10 Å². The van der Waals surface area contributed by atoms with Crippen LogP contribution in [0.25, 0.3) is 0 Å². The van der Waals surface area contributed by atoms with Gasteiger partial charge in [0, 0.05) is 11.6 Å². The molecule has 0 spiro atoms. The van der Waals surface area contributed by atoms with Crippen molar-refractivity contribution in [2.45, 2.75) is 50.3 Å². The number of aromatic nitrogens is 2. The minimum Gasteiger partial charge on any atom is -0.392 e. The Labute approximate surface area is 107 Å². The third-order valence-corrected chi connectivity index (χ3v) is 4.91. The predicted molar refractivity (Wildman–Crippen MR) is 66.3 cm³/mol. The Morgan fingerprint density at radius 1 is 1.56 bits per heavy atom. The number of H-pyrrole nitrogens is 1. The lowest BCUT2D eigenvalue weighted by atomic mass is 9.88. The number of aliphatic hydroxyl groups is 1. The van der Waals surface area contributed by atoms with E-state index < -0.39 is 10.0 Å². The molecule has 0 amide bonds. The highest BCUT2D eigenvalue weighted by molar-refractivity contribution is 7.89. The fourth-order valence-corrected chi connectivity index (χ4v) is 3.87. The molecule has 2 atom stereocenters. The third-order valence-electron chi connectivity index (χ3n) is 3.38. The van der Waals surface area contributed by atoms with E-state index in [4.69, 9.17) is 5.11 Å². The normalized spacial score (nSPS) is 25.2. The van der Waals surface area contributed by atoms with E-state index >= 15 is 0 Å². The van der Waals surface area contributed by atoms with Crippen LogP contribution in [0.2, 0.25) is 0 Å². The average molecular weight is 273 g/mol. The molecular formula is C11H19N3O3S. The first kappa shape index (κ1) is 13.5. The Balaban J connectivity index is 2.12. The van der Waals surface area contributed by atoms with Crippen LogP contribution in [0.1, 0.15) is 38.2 Å². The van der Waals surface area contributed by atoms with Crippen molar-refractivity contribution in [2.24, 2.45) is 5.92 Å². The Kier molecular flexibility index (Phi) is 4.04. The van der Waals surface area contributed by atoms with Gasteiger partial charge in [0.1, 0.15) is 0 Å². The first-order chi connectivity index (χ1) is 8.53. The molecule has 2 rings (SSSR count). The van der Waals surface area contributed by atoms with Crippen LogP contribution in [0, 0.1) is 5.92 Å². The molecule has 1 aromatic rings. The van der Waals surface area contributed by atoms with Crippen molar-refractivity contribution in [2.75, 3.05) is 0 Å². The Hall–Kier alpha value is -0.920. The van der Waals surface area contributed by atoms with Crippen molar-refractivity contribution in [1.29, 1.82) is 0 Å². The fourth-order valence-electron chi connectivity index (χ4n) is 2.46. The molecule has 1 aromatic heterocycles. The topological polar surface area (TPSA) is 95.1 Å². The molecule has 3 N–H and O–H groups in total. The number of aliphatic hydroxyl groups excluding tert-OH is 1. The number of hydrogen-bond donors (Lipinski definition) is 3. The first-order valence-electron chi connectivity index (χ1n) is 6.18. The zero-order valence-corrected chi connectivity index (χ0v) is 11.2. The molecule has 0 saturated heterocycles. The Morgan fingerprint density at radius 2 is 2.33 bits per heavy atom.